The molecular weight excluding hydrogens is 432 g/mol. The predicted molar refractivity (Wildman–Crippen MR) is 111 cm³/mol. The van der Waals surface area contributed by atoms with Crippen LogP contribution in [-0.2, 0) is 9.59 Å². The highest BCUT2D eigenvalue weighted by Crippen LogP contribution is 2.25. The first-order valence-corrected chi connectivity index (χ1v) is 9.39. The Morgan fingerprint density at radius 1 is 0.889 bits per heavy atom. The van der Waals surface area contributed by atoms with Crippen molar-refractivity contribution in [1.82, 2.24) is 5.43 Å². The fourth-order valence-corrected chi connectivity index (χ4v) is 2.86. The van der Waals surface area contributed by atoms with Crippen molar-refractivity contribution < 1.29 is 9.59 Å². The molecule has 0 aliphatic heterocycles. The summed E-state index contributed by atoms with van der Waals surface area (Å²) in [4.78, 5) is 23.7. The second-order valence-corrected chi connectivity index (χ2v) is 7.09. The highest BCUT2D eigenvalue weighted by molar-refractivity contribution is 6.42. The lowest BCUT2D eigenvalue weighted by atomic mass is 10.2. The van der Waals surface area contributed by atoms with E-state index in [2.05, 4.69) is 15.8 Å². The zero-order valence-corrected chi connectivity index (χ0v) is 17.0. The zero-order chi connectivity index (χ0) is 19.8. The summed E-state index contributed by atoms with van der Waals surface area (Å²) in [5.74, 6) is -0.552. The van der Waals surface area contributed by atoms with Gasteiger partial charge in [-0.25, -0.2) is 5.43 Å². The minimum absolute atomic E-state index is 0.141. The number of carbonyl (C=O) groups excluding carboxylic acids is 2. The number of hydrogen-bond acceptors (Lipinski definition) is 3. The average Bonchev–Trinajstić information content (AvgIpc) is 2.61. The van der Waals surface area contributed by atoms with Crippen LogP contribution in [0.3, 0.4) is 0 Å². The van der Waals surface area contributed by atoms with Gasteiger partial charge in [0.2, 0.25) is 11.8 Å². The first kappa shape index (κ1) is 21.5. The van der Waals surface area contributed by atoms with Crippen LogP contribution < -0.4 is 10.7 Å². The molecule has 0 aliphatic carbocycles. The summed E-state index contributed by atoms with van der Waals surface area (Å²) in [5, 5.41) is 8.13. The van der Waals surface area contributed by atoms with Crippen molar-refractivity contribution in [2.45, 2.75) is 19.3 Å². The number of nitrogens with zero attached hydrogens (tertiary/aromatic N) is 1. The van der Waals surface area contributed by atoms with Gasteiger partial charge in [-0.05, 0) is 36.8 Å². The predicted octanol–water partition coefficient (Wildman–Crippen LogP) is 5.56. The number of carbonyl (C=O) groups is 2. The lowest BCUT2D eigenvalue weighted by Gasteiger charge is -2.06. The second-order valence-electron chi connectivity index (χ2n) is 5.46. The third kappa shape index (κ3) is 7.03. The van der Waals surface area contributed by atoms with E-state index in [9.17, 15) is 9.59 Å². The lowest BCUT2D eigenvalue weighted by molar-refractivity contribution is -0.121. The fraction of sp³-hybridized carbons (Fsp3) is 0.167. The Bertz CT molecular complexity index is 851. The molecule has 2 aromatic carbocycles. The van der Waals surface area contributed by atoms with Gasteiger partial charge in [0.05, 0.1) is 26.3 Å². The second kappa shape index (κ2) is 10.5. The molecule has 5 nitrogen and oxygen atoms in total. The molecule has 0 saturated carbocycles. The van der Waals surface area contributed by atoms with Crippen LogP contribution in [0.2, 0.25) is 20.1 Å². The molecule has 0 aromatic heterocycles. The minimum atomic E-state index is -0.322. The number of nitrogens with one attached hydrogen (secondary N) is 2. The van der Waals surface area contributed by atoms with Crippen molar-refractivity contribution in [2.24, 2.45) is 5.10 Å². The molecule has 0 atom stereocenters. The van der Waals surface area contributed by atoms with Crippen molar-refractivity contribution >= 4 is 70.1 Å². The summed E-state index contributed by atoms with van der Waals surface area (Å²) in [7, 11) is 0. The van der Waals surface area contributed by atoms with E-state index in [1.54, 1.807) is 36.4 Å². The number of hydrazone groups is 1. The highest BCUT2D eigenvalue weighted by Gasteiger charge is 2.07. The maximum Gasteiger partial charge on any atom is 0.240 e. The van der Waals surface area contributed by atoms with E-state index < -0.39 is 0 Å². The van der Waals surface area contributed by atoms with Gasteiger partial charge in [-0.15, -0.1) is 0 Å². The maximum absolute atomic E-state index is 11.9. The first-order valence-electron chi connectivity index (χ1n) is 7.87. The molecule has 2 aromatic rings. The number of halogens is 4. The van der Waals surface area contributed by atoms with Crippen LogP contribution in [-0.4, -0.2) is 18.0 Å². The molecule has 0 saturated heterocycles. The Kier molecular flexibility index (Phi) is 8.38. The highest BCUT2D eigenvalue weighted by atomic mass is 35.5. The molecule has 0 radical (unpaired) electrons. The molecule has 0 unspecified atom stereocenters. The van der Waals surface area contributed by atoms with E-state index in [1.165, 1.54) is 6.21 Å². The lowest BCUT2D eigenvalue weighted by Crippen LogP contribution is -2.18. The number of benzene rings is 2. The van der Waals surface area contributed by atoms with Crippen molar-refractivity contribution in [1.29, 1.82) is 0 Å². The van der Waals surface area contributed by atoms with Gasteiger partial charge < -0.3 is 5.32 Å². The SMILES string of the molecule is O=C(CCCC(=O)Nc1ccc(Cl)c(Cl)c1)N/N=C\c1c(Cl)cccc1Cl. The summed E-state index contributed by atoms with van der Waals surface area (Å²) < 4.78 is 0. The Balaban J connectivity index is 1.73. The molecule has 0 bridgehead atoms. The van der Waals surface area contributed by atoms with E-state index in [4.69, 9.17) is 46.4 Å². The van der Waals surface area contributed by atoms with Crippen molar-refractivity contribution in [2.75, 3.05) is 5.32 Å². The Morgan fingerprint density at radius 2 is 1.56 bits per heavy atom. The van der Waals surface area contributed by atoms with Crippen LogP contribution in [0, 0.1) is 0 Å². The van der Waals surface area contributed by atoms with Gasteiger partial charge in [-0.3, -0.25) is 9.59 Å². The molecule has 0 fully saturated rings. The third-order valence-corrected chi connectivity index (χ3v) is 4.79. The average molecular weight is 447 g/mol. The molecule has 0 spiro atoms. The molecule has 0 heterocycles. The first-order chi connectivity index (χ1) is 12.9. The topological polar surface area (TPSA) is 70.6 Å². The van der Waals surface area contributed by atoms with E-state index in [0.717, 1.165) is 0 Å². The van der Waals surface area contributed by atoms with Gasteiger partial charge in [-0.1, -0.05) is 52.5 Å². The summed E-state index contributed by atoms with van der Waals surface area (Å²) >= 11 is 23.7. The molecule has 2 amide bonds. The van der Waals surface area contributed by atoms with Crippen molar-refractivity contribution in [3.05, 3.63) is 62.1 Å². The van der Waals surface area contributed by atoms with E-state index >= 15 is 0 Å². The van der Waals surface area contributed by atoms with Crippen LogP contribution in [0.15, 0.2) is 41.5 Å². The van der Waals surface area contributed by atoms with Crippen LogP contribution in [0.25, 0.3) is 0 Å². The maximum atomic E-state index is 11.9. The summed E-state index contributed by atoms with van der Waals surface area (Å²) in [6.07, 6.45) is 2.05. The largest absolute Gasteiger partial charge is 0.326 e. The van der Waals surface area contributed by atoms with E-state index in [-0.39, 0.29) is 24.7 Å². The smallest absolute Gasteiger partial charge is 0.240 e. The third-order valence-electron chi connectivity index (χ3n) is 3.39. The Labute approximate surface area is 176 Å². The molecule has 2 rings (SSSR count). The summed E-state index contributed by atoms with van der Waals surface area (Å²) in [6.45, 7) is 0. The number of amides is 2. The van der Waals surface area contributed by atoms with Gasteiger partial charge in [0.15, 0.2) is 0 Å². The molecular formula is C18H15Cl4N3O2. The zero-order valence-electron chi connectivity index (χ0n) is 13.9. The summed E-state index contributed by atoms with van der Waals surface area (Å²) in [6, 6.07) is 9.85. The summed E-state index contributed by atoms with van der Waals surface area (Å²) in [5.41, 5.74) is 3.43. The molecule has 27 heavy (non-hydrogen) atoms. The van der Waals surface area contributed by atoms with Gasteiger partial charge in [0, 0.05) is 24.1 Å². The van der Waals surface area contributed by atoms with Crippen LogP contribution in [0.1, 0.15) is 24.8 Å². The number of anilines is 1. The Morgan fingerprint density at radius 3 is 2.22 bits per heavy atom. The number of rotatable bonds is 7. The monoisotopic (exact) mass is 445 g/mol. The minimum Gasteiger partial charge on any atom is -0.326 e. The van der Waals surface area contributed by atoms with Crippen molar-refractivity contribution in [3.63, 3.8) is 0 Å². The van der Waals surface area contributed by atoms with Crippen molar-refractivity contribution in [3.8, 4) is 0 Å². The van der Waals surface area contributed by atoms with Gasteiger partial charge in [0.25, 0.3) is 0 Å². The number of hydrogen-bond donors (Lipinski definition) is 2. The Hall–Kier alpha value is -1.79. The van der Waals surface area contributed by atoms with Crippen LogP contribution in [0.4, 0.5) is 5.69 Å². The van der Waals surface area contributed by atoms with Crippen LogP contribution in [0.5, 0.6) is 0 Å². The fourth-order valence-electron chi connectivity index (χ4n) is 2.07. The molecule has 2 N–H and O–H groups in total. The van der Waals surface area contributed by atoms with E-state index in [0.29, 0.717) is 37.8 Å². The van der Waals surface area contributed by atoms with Crippen LogP contribution >= 0.6 is 46.4 Å². The van der Waals surface area contributed by atoms with E-state index in [1.807, 2.05) is 0 Å². The van der Waals surface area contributed by atoms with Gasteiger partial charge >= 0.3 is 0 Å². The molecule has 0 aliphatic rings. The standard InChI is InChI=1S/C18H15Cl4N3O2/c19-13-3-1-4-14(20)12(13)10-23-25-18(27)6-2-5-17(26)24-11-7-8-15(21)16(22)9-11/h1,3-4,7-10H,2,5-6H2,(H,24,26)(H,25,27)/b23-10-. The van der Waals surface area contributed by atoms with Gasteiger partial charge in [0.1, 0.15) is 0 Å². The molecule has 9 heteroatoms. The van der Waals surface area contributed by atoms with Gasteiger partial charge in [-0.2, -0.15) is 5.10 Å². The quantitative estimate of drug-likeness (QED) is 0.431. The normalized spacial score (nSPS) is 10.8. The molecule has 142 valence electrons.